The molecule has 0 saturated heterocycles. The van der Waals surface area contributed by atoms with Crippen molar-refractivity contribution >= 4 is 11.5 Å². The Hall–Kier alpha value is -3.02. The van der Waals surface area contributed by atoms with E-state index in [0.717, 1.165) is 0 Å². The van der Waals surface area contributed by atoms with Crippen molar-refractivity contribution in [2.75, 3.05) is 5.73 Å². The molecule has 0 bridgehead atoms. The Bertz CT molecular complexity index is 974. The van der Waals surface area contributed by atoms with Gasteiger partial charge in [-0.3, -0.25) is 4.79 Å². The van der Waals surface area contributed by atoms with Crippen molar-refractivity contribution in [3.8, 4) is 16.9 Å². The molecule has 0 aliphatic heterocycles. The largest absolute Gasteiger partial charge is 0.399 e. The van der Waals surface area contributed by atoms with Crippen LogP contribution in [0.5, 0.6) is 0 Å². The highest BCUT2D eigenvalue weighted by molar-refractivity contribution is 6.03. The number of benzene rings is 2. The second-order valence-corrected chi connectivity index (χ2v) is 6.05. The molecule has 1 aliphatic rings. The van der Waals surface area contributed by atoms with Gasteiger partial charge in [0.15, 0.2) is 17.4 Å². The molecule has 1 aromatic heterocycles. The maximum Gasteiger partial charge on any atom is 0.166 e. The Kier molecular flexibility index (Phi) is 3.60. The lowest BCUT2D eigenvalue weighted by Crippen LogP contribution is -2.14. The summed E-state index contributed by atoms with van der Waals surface area (Å²) in [6.07, 6.45) is 1.56. The lowest BCUT2D eigenvalue weighted by molar-refractivity contribution is 0.0972. The third-order valence-corrected chi connectivity index (χ3v) is 4.39. The van der Waals surface area contributed by atoms with Crippen molar-refractivity contribution in [3.05, 3.63) is 65.4 Å². The van der Waals surface area contributed by atoms with Gasteiger partial charge < -0.3 is 5.73 Å². The summed E-state index contributed by atoms with van der Waals surface area (Å²) in [5.74, 6) is -1.51. The van der Waals surface area contributed by atoms with E-state index in [-0.39, 0.29) is 11.5 Å². The Balaban J connectivity index is 2.02. The van der Waals surface area contributed by atoms with Crippen molar-refractivity contribution in [2.24, 2.45) is 0 Å². The van der Waals surface area contributed by atoms with Gasteiger partial charge in [0.05, 0.1) is 11.3 Å². The molecule has 4 nitrogen and oxygen atoms in total. The third-order valence-electron chi connectivity index (χ3n) is 4.39. The minimum Gasteiger partial charge on any atom is -0.399 e. The quantitative estimate of drug-likeness (QED) is 0.720. The van der Waals surface area contributed by atoms with Crippen LogP contribution in [0.4, 0.5) is 14.5 Å². The van der Waals surface area contributed by atoms with Gasteiger partial charge in [0.1, 0.15) is 11.4 Å². The summed E-state index contributed by atoms with van der Waals surface area (Å²) in [5.41, 5.74) is 8.14. The summed E-state index contributed by atoms with van der Waals surface area (Å²) in [4.78, 5) is 12.5. The minimum absolute atomic E-state index is 0.0679. The molecule has 2 aromatic carbocycles. The first-order chi connectivity index (χ1) is 12.1. The Labute approximate surface area is 142 Å². The van der Waals surface area contributed by atoms with E-state index in [1.165, 1.54) is 22.9 Å². The van der Waals surface area contributed by atoms with E-state index in [1.54, 1.807) is 24.3 Å². The van der Waals surface area contributed by atoms with Crippen LogP contribution in [0.15, 0.2) is 42.5 Å². The summed E-state index contributed by atoms with van der Waals surface area (Å²) in [6, 6.07) is 10.6. The van der Waals surface area contributed by atoms with Crippen LogP contribution in [0.2, 0.25) is 0 Å². The molecular formula is C19H15F2N3O. The Morgan fingerprint density at radius 2 is 1.76 bits per heavy atom. The zero-order valence-electron chi connectivity index (χ0n) is 13.3. The Morgan fingerprint density at radius 1 is 1.04 bits per heavy atom. The molecule has 0 amide bonds. The number of Topliss-reactive ketones (excluding diaryl/α,β-unsaturated/α-hetero) is 1. The maximum absolute atomic E-state index is 14.3. The van der Waals surface area contributed by atoms with Crippen LogP contribution in [0.25, 0.3) is 16.9 Å². The number of nitrogen functional groups attached to an aromatic ring is 1. The van der Waals surface area contributed by atoms with E-state index in [1.807, 2.05) is 0 Å². The van der Waals surface area contributed by atoms with E-state index >= 15 is 0 Å². The second kappa shape index (κ2) is 5.81. The standard InChI is InChI=1S/C19H15F2N3O/c20-13-6-2-7-14(21)19(13)24-15-8-3-9-16(25)17(15)18(23-24)11-4-1-5-12(22)10-11/h1-2,4-7,10H,3,8-9,22H2. The number of nitrogens with zero attached hydrogens (tertiary/aromatic N) is 2. The number of carbonyl (C=O) groups is 1. The number of hydrogen-bond acceptors (Lipinski definition) is 3. The summed E-state index contributed by atoms with van der Waals surface area (Å²) in [7, 11) is 0. The average molecular weight is 339 g/mol. The van der Waals surface area contributed by atoms with Crippen molar-refractivity contribution in [3.63, 3.8) is 0 Å². The van der Waals surface area contributed by atoms with Crippen LogP contribution in [0.1, 0.15) is 28.9 Å². The molecule has 4 rings (SSSR count). The minimum atomic E-state index is -0.720. The van der Waals surface area contributed by atoms with E-state index in [9.17, 15) is 13.6 Å². The van der Waals surface area contributed by atoms with Gasteiger partial charge in [-0.1, -0.05) is 18.2 Å². The molecule has 0 radical (unpaired) electrons. The highest BCUT2D eigenvalue weighted by Gasteiger charge is 2.30. The number of nitrogens with two attached hydrogens (primary N) is 1. The van der Waals surface area contributed by atoms with Crippen molar-refractivity contribution in [1.82, 2.24) is 9.78 Å². The Morgan fingerprint density at radius 3 is 2.48 bits per heavy atom. The van der Waals surface area contributed by atoms with Crippen molar-refractivity contribution < 1.29 is 13.6 Å². The van der Waals surface area contributed by atoms with Gasteiger partial charge in [-0.25, -0.2) is 13.5 Å². The average Bonchev–Trinajstić information content (AvgIpc) is 2.96. The zero-order valence-corrected chi connectivity index (χ0v) is 13.3. The summed E-state index contributed by atoms with van der Waals surface area (Å²) < 4.78 is 29.8. The SMILES string of the molecule is Nc1cccc(-c2nn(-c3c(F)cccc3F)c3c2C(=O)CCC3)c1. The molecule has 0 spiro atoms. The van der Waals surface area contributed by atoms with Crippen LogP contribution in [0, 0.1) is 11.6 Å². The topological polar surface area (TPSA) is 60.9 Å². The van der Waals surface area contributed by atoms with Gasteiger partial charge in [-0.2, -0.15) is 5.10 Å². The van der Waals surface area contributed by atoms with E-state index in [4.69, 9.17) is 5.73 Å². The normalized spacial score (nSPS) is 13.8. The number of aromatic nitrogens is 2. The summed E-state index contributed by atoms with van der Waals surface area (Å²) in [5, 5.41) is 4.41. The first-order valence-electron chi connectivity index (χ1n) is 8.01. The second-order valence-electron chi connectivity index (χ2n) is 6.05. The van der Waals surface area contributed by atoms with E-state index in [2.05, 4.69) is 5.10 Å². The van der Waals surface area contributed by atoms with E-state index < -0.39 is 11.6 Å². The fourth-order valence-corrected chi connectivity index (χ4v) is 3.28. The molecule has 1 aliphatic carbocycles. The number of para-hydroxylation sites is 1. The lowest BCUT2D eigenvalue weighted by atomic mass is 9.92. The van der Waals surface area contributed by atoms with Gasteiger partial charge in [-0.05, 0) is 37.1 Å². The molecule has 25 heavy (non-hydrogen) atoms. The van der Waals surface area contributed by atoms with Gasteiger partial charge >= 0.3 is 0 Å². The summed E-state index contributed by atoms with van der Waals surface area (Å²) >= 11 is 0. The fourth-order valence-electron chi connectivity index (χ4n) is 3.28. The number of ketones is 1. The number of fused-ring (bicyclic) bond motifs is 1. The molecule has 126 valence electrons. The van der Waals surface area contributed by atoms with Crippen molar-refractivity contribution in [2.45, 2.75) is 19.3 Å². The number of carbonyl (C=O) groups excluding carboxylic acids is 1. The molecule has 3 aromatic rings. The monoisotopic (exact) mass is 339 g/mol. The number of halogens is 2. The molecule has 0 fully saturated rings. The number of anilines is 1. The predicted molar refractivity (Wildman–Crippen MR) is 90.6 cm³/mol. The molecule has 2 N–H and O–H groups in total. The van der Waals surface area contributed by atoms with Crippen LogP contribution in [-0.4, -0.2) is 15.6 Å². The maximum atomic E-state index is 14.3. The highest BCUT2D eigenvalue weighted by Crippen LogP contribution is 2.34. The molecule has 0 unspecified atom stereocenters. The fraction of sp³-hybridized carbons (Fsp3) is 0.158. The molecular weight excluding hydrogens is 324 g/mol. The first kappa shape index (κ1) is 15.5. The zero-order chi connectivity index (χ0) is 17.6. The van der Waals surface area contributed by atoms with Crippen LogP contribution >= 0.6 is 0 Å². The molecule has 0 atom stereocenters. The smallest absolute Gasteiger partial charge is 0.166 e. The van der Waals surface area contributed by atoms with E-state index in [0.29, 0.717) is 47.5 Å². The van der Waals surface area contributed by atoms with Crippen LogP contribution in [0.3, 0.4) is 0 Å². The lowest BCUT2D eigenvalue weighted by Gasteiger charge is -2.14. The molecule has 0 saturated carbocycles. The van der Waals surface area contributed by atoms with Crippen LogP contribution in [-0.2, 0) is 6.42 Å². The predicted octanol–water partition coefficient (Wildman–Crippen LogP) is 3.92. The van der Waals surface area contributed by atoms with Gasteiger partial charge in [0.2, 0.25) is 0 Å². The van der Waals surface area contributed by atoms with Crippen LogP contribution < -0.4 is 5.73 Å². The first-order valence-corrected chi connectivity index (χ1v) is 8.01. The molecule has 1 heterocycles. The van der Waals surface area contributed by atoms with Crippen molar-refractivity contribution in [1.29, 1.82) is 0 Å². The number of hydrogen-bond donors (Lipinski definition) is 1. The van der Waals surface area contributed by atoms with Gasteiger partial charge in [0, 0.05) is 17.7 Å². The summed E-state index contributed by atoms with van der Waals surface area (Å²) in [6.45, 7) is 0. The van der Waals surface area contributed by atoms with Gasteiger partial charge in [0.25, 0.3) is 0 Å². The molecule has 6 heteroatoms. The number of rotatable bonds is 2. The highest BCUT2D eigenvalue weighted by atomic mass is 19.1. The van der Waals surface area contributed by atoms with Gasteiger partial charge in [-0.15, -0.1) is 0 Å². The third kappa shape index (κ3) is 2.50.